The Labute approximate surface area is 141 Å². The molecule has 0 amide bonds. The molecule has 4 rings (SSSR count). The first kappa shape index (κ1) is 15.4. The lowest BCUT2D eigenvalue weighted by Gasteiger charge is -2.13. The van der Waals surface area contributed by atoms with Crippen molar-refractivity contribution < 1.29 is 13.2 Å². The Bertz CT molecular complexity index is 1010. The van der Waals surface area contributed by atoms with E-state index in [1.165, 1.54) is 6.20 Å². The van der Waals surface area contributed by atoms with Gasteiger partial charge in [0.05, 0.1) is 17.2 Å². The number of fused-ring (bicyclic) bond motifs is 1. The first-order chi connectivity index (χ1) is 11.9. The molecule has 0 radical (unpaired) electrons. The minimum Gasteiger partial charge on any atom is -0.337 e. The van der Waals surface area contributed by atoms with Crippen molar-refractivity contribution >= 4 is 11.0 Å². The van der Waals surface area contributed by atoms with Crippen LogP contribution in [0.15, 0.2) is 54.7 Å². The van der Waals surface area contributed by atoms with E-state index < -0.39 is 12.0 Å². The fraction of sp³-hybridized carbons (Fsp3) is 0.111. The van der Waals surface area contributed by atoms with Crippen molar-refractivity contribution in [3.63, 3.8) is 0 Å². The predicted molar refractivity (Wildman–Crippen MR) is 88.4 cm³/mol. The molecule has 0 spiro atoms. The van der Waals surface area contributed by atoms with Gasteiger partial charge in [-0.3, -0.25) is 4.57 Å². The maximum atomic E-state index is 13.4. The summed E-state index contributed by atoms with van der Waals surface area (Å²) < 4.78 is 41.4. The zero-order valence-corrected chi connectivity index (χ0v) is 13.2. The van der Waals surface area contributed by atoms with Gasteiger partial charge in [0.15, 0.2) is 5.82 Å². The number of hydrogen-bond donors (Lipinski definition) is 1. The molecule has 4 aromatic rings. The molecule has 0 aliphatic heterocycles. The number of alkyl halides is 3. The monoisotopic (exact) mass is 342 g/mol. The van der Waals surface area contributed by atoms with E-state index in [9.17, 15) is 13.2 Å². The molecule has 0 aliphatic rings. The molecule has 4 nitrogen and oxygen atoms in total. The van der Waals surface area contributed by atoms with Crippen LogP contribution in [-0.2, 0) is 6.18 Å². The highest BCUT2D eigenvalue weighted by Gasteiger charge is 2.38. The van der Waals surface area contributed by atoms with E-state index in [0.29, 0.717) is 17.0 Å². The van der Waals surface area contributed by atoms with E-state index in [1.54, 1.807) is 30.3 Å². The summed E-state index contributed by atoms with van der Waals surface area (Å²) in [6.45, 7) is 1.88. The molecule has 0 fully saturated rings. The van der Waals surface area contributed by atoms with Gasteiger partial charge in [0, 0.05) is 5.69 Å². The number of imidazole rings is 2. The van der Waals surface area contributed by atoms with E-state index in [2.05, 4.69) is 15.0 Å². The van der Waals surface area contributed by atoms with E-state index >= 15 is 0 Å². The first-order valence-corrected chi connectivity index (χ1v) is 7.60. The lowest BCUT2D eigenvalue weighted by atomic mass is 10.2. The second kappa shape index (κ2) is 5.47. The normalized spacial score (nSPS) is 12.0. The minimum atomic E-state index is -4.57. The summed E-state index contributed by atoms with van der Waals surface area (Å²) in [5, 5.41) is 0. The number of para-hydroxylation sites is 2. The summed E-state index contributed by atoms with van der Waals surface area (Å²) in [6, 6.07) is 14.1. The number of aromatic nitrogens is 4. The smallest absolute Gasteiger partial charge is 0.337 e. The lowest BCUT2D eigenvalue weighted by molar-refractivity contribution is -0.145. The molecule has 0 bridgehead atoms. The van der Waals surface area contributed by atoms with Gasteiger partial charge in [0.1, 0.15) is 5.69 Å². The van der Waals surface area contributed by atoms with Crippen molar-refractivity contribution in [3.8, 4) is 17.2 Å². The topological polar surface area (TPSA) is 46.5 Å². The van der Waals surface area contributed by atoms with Crippen molar-refractivity contribution in [2.45, 2.75) is 13.1 Å². The largest absolute Gasteiger partial charge is 0.450 e. The number of nitrogens with zero attached hydrogens (tertiary/aromatic N) is 3. The van der Waals surface area contributed by atoms with Crippen LogP contribution in [0.4, 0.5) is 13.2 Å². The van der Waals surface area contributed by atoms with Crippen molar-refractivity contribution in [2.75, 3.05) is 0 Å². The van der Waals surface area contributed by atoms with Crippen LogP contribution in [0.25, 0.3) is 28.2 Å². The van der Waals surface area contributed by atoms with E-state index in [4.69, 9.17) is 0 Å². The highest BCUT2D eigenvalue weighted by atomic mass is 19.4. The molecule has 2 aromatic heterocycles. The summed E-state index contributed by atoms with van der Waals surface area (Å²) in [4.78, 5) is 11.1. The fourth-order valence-electron chi connectivity index (χ4n) is 2.75. The molecule has 0 aliphatic carbocycles. The number of hydrogen-bond acceptors (Lipinski definition) is 2. The number of nitrogens with one attached hydrogen (secondary N) is 1. The standard InChI is InChI=1S/C18H13F3N4/c1-11-6-8-12(9-7-11)25-15(10-22-17(25)18(19,20)21)16-23-13-4-2-3-5-14(13)24-16/h2-10H,1H3,(H,23,24). The fourth-order valence-corrected chi connectivity index (χ4v) is 2.75. The predicted octanol–water partition coefficient (Wildman–Crippen LogP) is 4.74. The number of halogens is 3. The van der Waals surface area contributed by atoms with Gasteiger partial charge >= 0.3 is 6.18 Å². The van der Waals surface area contributed by atoms with Crippen LogP contribution in [0.3, 0.4) is 0 Å². The van der Waals surface area contributed by atoms with E-state index in [1.807, 2.05) is 25.1 Å². The summed E-state index contributed by atoms with van der Waals surface area (Å²) in [5.41, 5.74) is 3.03. The van der Waals surface area contributed by atoms with Crippen molar-refractivity contribution in [3.05, 3.63) is 66.1 Å². The van der Waals surface area contributed by atoms with Crippen LogP contribution in [0, 0.1) is 6.92 Å². The minimum absolute atomic E-state index is 0.257. The Morgan fingerprint density at radius 2 is 1.72 bits per heavy atom. The summed E-state index contributed by atoms with van der Waals surface area (Å²) in [7, 11) is 0. The average Bonchev–Trinajstić information content (AvgIpc) is 3.19. The molecule has 25 heavy (non-hydrogen) atoms. The van der Waals surface area contributed by atoms with Crippen molar-refractivity contribution in [1.29, 1.82) is 0 Å². The Morgan fingerprint density at radius 3 is 2.40 bits per heavy atom. The van der Waals surface area contributed by atoms with Gasteiger partial charge in [0.2, 0.25) is 5.82 Å². The molecular formula is C18H13F3N4. The number of rotatable bonds is 2. The third-order valence-electron chi connectivity index (χ3n) is 3.94. The number of aryl methyl sites for hydroxylation is 1. The van der Waals surface area contributed by atoms with Gasteiger partial charge in [-0.2, -0.15) is 13.2 Å². The van der Waals surface area contributed by atoms with E-state index in [0.717, 1.165) is 15.6 Å². The Kier molecular flexibility index (Phi) is 3.38. The Morgan fingerprint density at radius 1 is 1.00 bits per heavy atom. The Balaban J connectivity index is 1.96. The van der Waals surface area contributed by atoms with Gasteiger partial charge in [-0.1, -0.05) is 29.8 Å². The Hall–Kier alpha value is -3.09. The molecule has 0 saturated carbocycles. The second-order valence-corrected chi connectivity index (χ2v) is 5.74. The van der Waals surface area contributed by atoms with Crippen molar-refractivity contribution in [2.24, 2.45) is 0 Å². The van der Waals surface area contributed by atoms with Crippen molar-refractivity contribution in [1.82, 2.24) is 19.5 Å². The second-order valence-electron chi connectivity index (χ2n) is 5.74. The van der Waals surface area contributed by atoms with Crippen LogP contribution in [0.2, 0.25) is 0 Å². The molecule has 0 saturated heterocycles. The first-order valence-electron chi connectivity index (χ1n) is 7.60. The summed E-state index contributed by atoms with van der Waals surface area (Å²) >= 11 is 0. The van der Waals surface area contributed by atoms with Gasteiger partial charge in [-0.25, -0.2) is 9.97 Å². The highest BCUT2D eigenvalue weighted by Crippen LogP contribution is 2.34. The van der Waals surface area contributed by atoms with E-state index in [-0.39, 0.29) is 5.69 Å². The van der Waals surface area contributed by atoms with Gasteiger partial charge in [-0.15, -0.1) is 0 Å². The van der Waals surface area contributed by atoms with Crippen LogP contribution in [0.1, 0.15) is 11.4 Å². The van der Waals surface area contributed by atoms with Crippen LogP contribution < -0.4 is 0 Å². The molecule has 126 valence electrons. The molecule has 0 atom stereocenters. The molecular weight excluding hydrogens is 329 g/mol. The lowest BCUT2D eigenvalue weighted by Crippen LogP contribution is -2.14. The average molecular weight is 342 g/mol. The SMILES string of the molecule is Cc1ccc(-n2c(-c3nc4ccccc4[nH]3)cnc2C(F)(F)F)cc1. The highest BCUT2D eigenvalue weighted by molar-refractivity contribution is 5.78. The quantitative estimate of drug-likeness (QED) is 0.572. The van der Waals surface area contributed by atoms with Crippen LogP contribution in [0.5, 0.6) is 0 Å². The summed E-state index contributed by atoms with van der Waals surface area (Å²) in [5.74, 6) is -0.642. The molecule has 1 N–H and O–H groups in total. The zero-order chi connectivity index (χ0) is 17.6. The molecule has 2 aromatic carbocycles. The molecule has 0 unspecified atom stereocenters. The molecule has 2 heterocycles. The number of aromatic amines is 1. The van der Waals surface area contributed by atoms with Gasteiger partial charge in [-0.05, 0) is 31.2 Å². The van der Waals surface area contributed by atoms with Crippen LogP contribution in [-0.4, -0.2) is 19.5 Å². The maximum absolute atomic E-state index is 13.4. The zero-order valence-electron chi connectivity index (χ0n) is 13.2. The van der Waals surface area contributed by atoms with Crippen LogP contribution >= 0.6 is 0 Å². The molecule has 7 heteroatoms. The van der Waals surface area contributed by atoms with Gasteiger partial charge < -0.3 is 4.98 Å². The maximum Gasteiger partial charge on any atom is 0.450 e. The third-order valence-corrected chi connectivity index (χ3v) is 3.94. The number of benzene rings is 2. The van der Waals surface area contributed by atoms with Gasteiger partial charge in [0.25, 0.3) is 0 Å². The number of H-pyrrole nitrogens is 1. The summed E-state index contributed by atoms with van der Waals surface area (Å²) in [6.07, 6.45) is -3.38. The third kappa shape index (κ3) is 2.67.